The first-order valence-corrected chi connectivity index (χ1v) is 12.0. The van der Waals surface area contributed by atoms with Crippen LogP contribution in [-0.4, -0.2) is 59.6 Å². The van der Waals surface area contributed by atoms with E-state index < -0.39 is 12.0 Å². The van der Waals surface area contributed by atoms with Crippen molar-refractivity contribution in [2.24, 2.45) is 11.8 Å². The molecule has 0 saturated carbocycles. The summed E-state index contributed by atoms with van der Waals surface area (Å²) in [7, 11) is 0. The van der Waals surface area contributed by atoms with E-state index in [1.165, 1.54) is 0 Å². The first-order valence-electron chi connectivity index (χ1n) is 12.0. The first-order chi connectivity index (χ1) is 16.4. The highest BCUT2D eigenvalue weighted by molar-refractivity contribution is 5.86. The van der Waals surface area contributed by atoms with Gasteiger partial charge < -0.3 is 20.1 Å². The van der Waals surface area contributed by atoms with Gasteiger partial charge >= 0.3 is 5.97 Å². The molecule has 0 unspecified atom stereocenters. The summed E-state index contributed by atoms with van der Waals surface area (Å²) in [5, 5.41) is 12.3. The van der Waals surface area contributed by atoms with Gasteiger partial charge in [-0.15, -0.1) is 13.2 Å². The summed E-state index contributed by atoms with van der Waals surface area (Å²) in [4.78, 5) is 39.9. The minimum atomic E-state index is -0.560. The van der Waals surface area contributed by atoms with Gasteiger partial charge in [0, 0.05) is 13.0 Å². The van der Waals surface area contributed by atoms with Crippen molar-refractivity contribution in [2.45, 2.75) is 57.5 Å². The third-order valence-electron chi connectivity index (χ3n) is 6.12. The lowest BCUT2D eigenvalue weighted by atomic mass is 9.96. The minimum Gasteiger partial charge on any atom is -0.463 e. The number of rotatable bonds is 14. The van der Waals surface area contributed by atoms with Crippen LogP contribution < -0.4 is 5.32 Å². The number of allylic oxidation sites excluding steroid dienone is 2. The molecule has 0 bridgehead atoms. The third kappa shape index (κ3) is 8.45. The molecule has 2 rings (SSSR count). The van der Waals surface area contributed by atoms with Crippen LogP contribution >= 0.6 is 0 Å². The number of likely N-dealkylation sites (tertiary alicyclic amines) is 1. The molecule has 1 heterocycles. The van der Waals surface area contributed by atoms with Crippen LogP contribution in [0.5, 0.6) is 0 Å². The number of aliphatic hydroxyl groups excluding tert-OH is 1. The van der Waals surface area contributed by atoms with E-state index in [0.717, 1.165) is 18.4 Å². The van der Waals surface area contributed by atoms with Crippen LogP contribution in [0.1, 0.15) is 44.6 Å². The Morgan fingerprint density at radius 1 is 1.18 bits per heavy atom. The fourth-order valence-corrected chi connectivity index (χ4v) is 4.26. The van der Waals surface area contributed by atoms with Crippen molar-refractivity contribution in [1.29, 1.82) is 0 Å². The van der Waals surface area contributed by atoms with Crippen LogP contribution in [0.25, 0.3) is 0 Å². The Hall–Kier alpha value is -2.93. The predicted octanol–water partition coefficient (Wildman–Crippen LogP) is 3.04. The lowest BCUT2D eigenvalue weighted by Crippen LogP contribution is -2.43. The van der Waals surface area contributed by atoms with Crippen molar-refractivity contribution >= 4 is 17.8 Å². The number of carbonyl (C=O) groups excluding carboxylic acids is 3. The van der Waals surface area contributed by atoms with E-state index in [1.807, 2.05) is 30.3 Å². The van der Waals surface area contributed by atoms with Gasteiger partial charge in [0.25, 0.3) is 0 Å². The zero-order chi connectivity index (χ0) is 24.9. The second kappa shape index (κ2) is 14.4. The topological polar surface area (TPSA) is 95.9 Å². The number of hydrogen-bond donors (Lipinski definition) is 2. The van der Waals surface area contributed by atoms with Crippen LogP contribution in [0, 0.1) is 11.8 Å². The minimum absolute atomic E-state index is 0.0421. The molecule has 1 aliphatic rings. The number of hydrogen-bond acceptors (Lipinski definition) is 5. The second-order valence-corrected chi connectivity index (χ2v) is 8.94. The Morgan fingerprint density at radius 2 is 1.85 bits per heavy atom. The Balaban J connectivity index is 1.86. The molecule has 1 aliphatic heterocycles. The highest BCUT2D eigenvalue weighted by atomic mass is 16.5. The molecule has 2 amide bonds. The van der Waals surface area contributed by atoms with Gasteiger partial charge in [0.1, 0.15) is 6.61 Å². The van der Waals surface area contributed by atoms with Gasteiger partial charge in [0.2, 0.25) is 11.8 Å². The summed E-state index contributed by atoms with van der Waals surface area (Å²) in [5.41, 5.74) is 1.05. The highest BCUT2D eigenvalue weighted by Crippen LogP contribution is 2.21. The van der Waals surface area contributed by atoms with E-state index in [1.54, 1.807) is 24.0 Å². The Labute approximate surface area is 202 Å². The van der Waals surface area contributed by atoms with Gasteiger partial charge in [-0.3, -0.25) is 14.4 Å². The van der Waals surface area contributed by atoms with Gasteiger partial charge in [0.05, 0.1) is 30.5 Å². The van der Waals surface area contributed by atoms with E-state index in [2.05, 4.69) is 18.5 Å². The Bertz CT molecular complexity index is 826. The van der Waals surface area contributed by atoms with Crippen molar-refractivity contribution in [3.05, 3.63) is 61.2 Å². The van der Waals surface area contributed by atoms with Gasteiger partial charge in [-0.05, 0) is 44.6 Å². The highest BCUT2D eigenvalue weighted by Gasteiger charge is 2.31. The molecule has 0 spiro atoms. The zero-order valence-electron chi connectivity index (χ0n) is 20.2. The molecule has 0 aromatic heterocycles. The van der Waals surface area contributed by atoms with E-state index >= 15 is 0 Å². The molecule has 7 nitrogen and oxygen atoms in total. The summed E-state index contributed by atoms with van der Waals surface area (Å²) in [5.74, 6) is -1.63. The van der Waals surface area contributed by atoms with Gasteiger partial charge in [-0.25, -0.2) is 0 Å². The van der Waals surface area contributed by atoms with Crippen LogP contribution in [0.4, 0.5) is 0 Å². The molecule has 7 heteroatoms. The maximum atomic E-state index is 12.8. The lowest BCUT2D eigenvalue weighted by molar-refractivity contribution is -0.149. The average Bonchev–Trinajstić information content (AvgIpc) is 3.32. The maximum absolute atomic E-state index is 12.8. The van der Waals surface area contributed by atoms with Gasteiger partial charge in [-0.2, -0.15) is 0 Å². The number of nitrogens with one attached hydrogen (secondary N) is 1. The third-order valence-corrected chi connectivity index (χ3v) is 6.12. The summed E-state index contributed by atoms with van der Waals surface area (Å²) >= 11 is 0. The molecule has 4 atom stereocenters. The molecule has 34 heavy (non-hydrogen) atoms. The smallest absolute Gasteiger partial charge is 0.309 e. The fourth-order valence-electron chi connectivity index (χ4n) is 4.26. The molecule has 1 saturated heterocycles. The van der Waals surface area contributed by atoms with E-state index in [-0.39, 0.29) is 49.4 Å². The SMILES string of the molecule is C=CC[C@@H](CC(=O)N1CCC[C@H]1CO)C(=O)N[C@@H](C)COC(=O)[C@H](CC=C)Cc1ccccc1. The van der Waals surface area contributed by atoms with Crippen molar-refractivity contribution in [3.8, 4) is 0 Å². The Morgan fingerprint density at radius 3 is 2.50 bits per heavy atom. The number of amides is 2. The molecule has 2 N–H and O–H groups in total. The average molecular weight is 471 g/mol. The lowest BCUT2D eigenvalue weighted by Gasteiger charge is -2.26. The molecule has 1 aromatic carbocycles. The Kier molecular flexibility index (Phi) is 11.5. The van der Waals surface area contributed by atoms with Crippen molar-refractivity contribution in [1.82, 2.24) is 10.2 Å². The number of nitrogens with zero attached hydrogens (tertiary/aromatic N) is 1. The normalized spacial score (nSPS) is 17.9. The number of esters is 1. The molecule has 1 fully saturated rings. The second-order valence-electron chi connectivity index (χ2n) is 8.94. The first kappa shape index (κ1) is 27.3. The van der Waals surface area contributed by atoms with Crippen molar-refractivity contribution < 1.29 is 24.2 Å². The van der Waals surface area contributed by atoms with E-state index in [4.69, 9.17) is 4.74 Å². The van der Waals surface area contributed by atoms with Crippen LogP contribution in [-0.2, 0) is 25.5 Å². The summed E-state index contributed by atoms with van der Waals surface area (Å²) in [6, 6.07) is 9.16. The summed E-state index contributed by atoms with van der Waals surface area (Å²) in [6.07, 6.45) is 6.44. The van der Waals surface area contributed by atoms with Gasteiger partial charge in [0.15, 0.2) is 0 Å². The summed E-state index contributed by atoms with van der Waals surface area (Å²) in [6.45, 7) is 9.79. The molecular weight excluding hydrogens is 432 g/mol. The molecule has 186 valence electrons. The predicted molar refractivity (Wildman–Crippen MR) is 132 cm³/mol. The van der Waals surface area contributed by atoms with Crippen LogP contribution in [0.3, 0.4) is 0 Å². The maximum Gasteiger partial charge on any atom is 0.309 e. The van der Waals surface area contributed by atoms with Crippen LogP contribution in [0.2, 0.25) is 0 Å². The quantitative estimate of drug-likeness (QED) is 0.322. The van der Waals surface area contributed by atoms with E-state index in [9.17, 15) is 19.5 Å². The van der Waals surface area contributed by atoms with Gasteiger partial charge in [-0.1, -0.05) is 42.5 Å². The molecular formula is C27H38N2O5. The molecule has 0 aliphatic carbocycles. The number of benzene rings is 1. The number of aliphatic hydroxyl groups is 1. The van der Waals surface area contributed by atoms with Crippen molar-refractivity contribution in [3.63, 3.8) is 0 Å². The number of ether oxygens (including phenoxy) is 1. The molecule has 1 aromatic rings. The summed E-state index contributed by atoms with van der Waals surface area (Å²) < 4.78 is 5.50. The fraction of sp³-hybridized carbons (Fsp3) is 0.519. The van der Waals surface area contributed by atoms with Crippen LogP contribution in [0.15, 0.2) is 55.6 Å². The number of carbonyl (C=O) groups is 3. The van der Waals surface area contributed by atoms with E-state index in [0.29, 0.717) is 25.8 Å². The zero-order valence-corrected chi connectivity index (χ0v) is 20.2. The standard InChI is InChI=1S/C27H38N2O5/c1-4-10-22(17-25(31)29-15-9-14-24(29)18-30)26(32)28-20(3)19-34-27(33)23(11-5-2)16-21-12-7-6-8-13-21/h4-8,12-13,20,22-24,30H,1-2,9-11,14-19H2,3H3,(H,28,32)/t20-,22-,23+,24-/m0/s1. The molecule has 0 radical (unpaired) electrons. The largest absolute Gasteiger partial charge is 0.463 e. The monoisotopic (exact) mass is 470 g/mol. The van der Waals surface area contributed by atoms with Crippen molar-refractivity contribution in [2.75, 3.05) is 19.8 Å².